The molecule has 13 heavy (non-hydrogen) atoms. The predicted octanol–water partition coefficient (Wildman–Crippen LogP) is 0.199. The van der Waals surface area contributed by atoms with Crippen LogP contribution in [0.15, 0.2) is 6.20 Å². The molecule has 0 unspecified atom stereocenters. The van der Waals surface area contributed by atoms with Crippen molar-refractivity contribution in [2.45, 2.75) is 26.4 Å². The van der Waals surface area contributed by atoms with Crippen molar-refractivity contribution >= 4 is 0 Å². The fourth-order valence-corrected chi connectivity index (χ4v) is 1.17. The molecule has 4 heteroatoms. The Morgan fingerprint density at radius 1 is 1.69 bits per heavy atom. The molecule has 0 amide bonds. The molecule has 0 saturated heterocycles. The van der Waals surface area contributed by atoms with Gasteiger partial charge in [-0.05, 0) is 13.8 Å². The molecule has 0 bridgehead atoms. The van der Waals surface area contributed by atoms with Crippen LogP contribution in [0.2, 0.25) is 0 Å². The van der Waals surface area contributed by atoms with Crippen molar-refractivity contribution in [1.82, 2.24) is 15.1 Å². The molecule has 1 aromatic rings. The summed E-state index contributed by atoms with van der Waals surface area (Å²) in [5.74, 6) is 0. The van der Waals surface area contributed by atoms with Crippen molar-refractivity contribution in [3.8, 4) is 0 Å². The summed E-state index contributed by atoms with van der Waals surface area (Å²) >= 11 is 0. The average Bonchev–Trinajstić information content (AvgIpc) is 2.41. The molecule has 0 aromatic carbocycles. The van der Waals surface area contributed by atoms with Crippen LogP contribution in [0.3, 0.4) is 0 Å². The lowest BCUT2D eigenvalue weighted by Gasteiger charge is -2.09. The first-order valence-corrected chi connectivity index (χ1v) is 4.47. The number of nitrogens with one attached hydrogen (secondary N) is 1. The van der Waals surface area contributed by atoms with E-state index in [0.29, 0.717) is 0 Å². The van der Waals surface area contributed by atoms with Crippen molar-refractivity contribution in [3.05, 3.63) is 17.5 Å². The highest BCUT2D eigenvalue weighted by Gasteiger charge is 2.04. The summed E-state index contributed by atoms with van der Waals surface area (Å²) in [6.45, 7) is 4.87. The van der Waals surface area contributed by atoms with Gasteiger partial charge in [0.25, 0.3) is 0 Å². The second kappa shape index (κ2) is 4.39. The number of aromatic nitrogens is 2. The topological polar surface area (TPSA) is 50.1 Å². The summed E-state index contributed by atoms with van der Waals surface area (Å²) < 4.78 is 1.80. The zero-order valence-electron chi connectivity index (χ0n) is 8.41. The minimum absolute atomic E-state index is 0.139. The molecule has 0 aliphatic rings. The van der Waals surface area contributed by atoms with Gasteiger partial charge >= 0.3 is 0 Å². The van der Waals surface area contributed by atoms with Gasteiger partial charge in [0.15, 0.2) is 0 Å². The highest BCUT2D eigenvalue weighted by molar-refractivity contribution is 5.14. The predicted molar refractivity (Wildman–Crippen MR) is 51.3 cm³/mol. The van der Waals surface area contributed by atoms with Crippen molar-refractivity contribution in [2.75, 3.05) is 6.61 Å². The number of aliphatic hydroxyl groups is 1. The Morgan fingerprint density at radius 3 is 2.85 bits per heavy atom. The van der Waals surface area contributed by atoms with Gasteiger partial charge in [-0.3, -0.25) is 4.68 Å². The van der Waals surface area contributed by atoms with E-state index in [1.165, 1.54) is 5.56 Å². The van der Waals surface area contributed by atoms with Crippen LogP contribution < -0.4 is 5.32 Å². The fraction of sp³-hybridized carbons (Fsp3) is 0.667. The van der Waals surface area contributed by atoms with E-state index in [1.807, 2.05) is 27.1 Å². The second-order valence-electron chi connectivity index (χ2n) is 3.38. The summed E-state index contributed by atoms with van der Waals surface area (Å²) in [4.78, 5) is 0. The Morgan fingerprint density at radius 2 is 2.38 bits per heavy atom. The van der Waals surface area contributed by atoms with Crippen LogP contribution >= 0.6 is 0 Å². The number of hydrogen-bond donors (Lipinski definition) is 2. The summed E-state index contributed by atoms with van der Waals surface area (Å²) in [5, 5.41) is 16.2. The normalized spacial score (nSPS) is 13.2. The second-order valence-corrected chi connectivity index (χ2v) is 3.38. The molecular formula is C9H17N3O. The zero-order valence-corrected chi connectivity index (χ0v) is 8.41. The number of aliphatic hydroxyl groups excluding tert-OH is 1. The maximum absolute atomic E-state index is 8.80. The minimum atomic E-state index is 0.139. The van der Waals surface area contributed by atoms with E-state index in [9.17, 15) is 0 Å². The molecule has 1 heterocycles. The number of rotatable bonds is 4. The molecule has 0 aliphatic heterocycles. The highest BCUT2D eigenvalue weighted by atomic mass is 16.3. The van der Waals surface area contributed by atoms with Crippen molar-refractivity contribution in [2.24, 2.45) is 7.05 Å². The van der Waals surface area contributed by atoms with Gasteiger partial charge in [-0.1, -0.05) is 0 Å². The van der Waals surface area contributed by atoms with Crippen LogP contribution in [-0.2, 0) is 13.6 Å². The molecule has 2 N–H and O–H groups in total. The first kappa shape index (κ1) is 10.2. The number of hydrogen-bond acceptors (Lipinski definition) is 3. The Kier molecular flexibility index (Phi) is 3.45. The van der Waals surface area contributed by atoms with Gasteiger partial charge in [-0.25, -0.2) is 0 Å². The van der Waals surface area contributed by atoms with Crippen molar-refractivity contribution in [1.29, 1.82) is 0 Å². The Labute approximate surface area is 78.6 Å². The number of aryl methyl sites for hydroxylation is 2. The molecule has 74 valence electrons. The van der Waals surface area contributed by atoms with Gasteiger partial charge < -0.3 is 10.4 Å². The lowest BCUT2D eigenvalue weighted by atomic mass is 10.2. The zero-order chi connectivity index (χ0) is 9.84. The molecule has 0 fully saturated rings. The van der Waals surface area contributed by atoms with Gasteiger partial charge in [0, 0.05) is 31.4 Å². The van der Waals surface area contributed by atoms with Crippen LogP contribution in [0.25, 0.3) is 0 Å². The third-order valence-corrected chi connectivity index (χ3v) is 2.03. The monoisotopic (exact) mass is 183 g/mol. The summed E-state index contributed by atoms with van der Waals surface area (Å²) in [6.07, 6.45) is 1.99. The van der Waals surface area contributed by atoms with Crippen LogP contribution in [0.5, 0.6) is 0 Å². The van der Waals surface area contributed by atoms with E-state index in [-0.39, 0.29) is 12.6 Å². The van der Waals surface area contributed by atoms with E-state index in [4.69, 9.17) is 5.11 Å². The van der Waals surface area contributed by atoms with Gasteiger partial charge in [-0.2, -0.15) is 5.10 Å². The smallest absolute Gasteiger partial charge is 0.0638 e. The standard InChI is InChI=1S/C9H17N3O/c1-7(6-13)10-4-9-5-12(3)11-8(9)2/h5,7,10,13H,4,6H2,1-3H3/t7-/m0/s1. The largest absolute Gasteiger partial charge is 0.395 e. The molecule has 0 radical (unpaired) electrons. The first-order valence-electron chi connectivity index (χ1n) is 4.47. The van der Waals surface area contributed by atoms with Crippen LogP contribution in [-0.4, -0.2) is 27.5 Å². The third-order valence-electron chi connectivity index (χ3n) is 2.03. The minimum Gasteiger partial charge on any atom is -0.395 e. The maximum atomic E-state index is 8.80. The molecule has 0 saturated carbocycles. The molecule has 1 rings (SSSR count). The van der Waals surface area contributed by atoms with E-state index >= 15 is 0 Å². The molecule has 1 atom stereocenters. The van der Waals surface area contributed by atoms with Crippen molar-refractivity contribution < 1.29 is 5.11 Å². The summed E-state index contributed by atoms with van der Waals surface area (Å²) in [6, 6.07) is 0.139. The average molecular weight is 183 g/mol. The lowest BCUT2D eigenvalue weighted by molar-refractivity contribution is 0.251. The quantitative estimate of drug-likeness (QED) is 0.701. The van der Waals surface area contributed by atoms with Gasteiger partial charge in [0.05, 0.1) is 12.3 Å². The van der Waals surface area contributed by atoms with Crippen LogP contribution in [0.1, 0.15) is 18.2 Å². The van der Waals surface area contributed by atoms with E-state index in [1.54, 1.807) is 4.68 Å². The SMILES string of the molecule is Cc1nn(C)cc1CN[C@@H](C)CO. The summed E-state index contributed by atoms with van der Waals surface area (Å²) in [7, 11) is 1.91. The molecular weight excluding hydrogens is 166 g/mol. The molecule has 4 nitrogen and oxygen atoms in total. The first-order chi connectivity index (χ1) is 6.13. The lowest BCUT2D eigenvalue weighted by Crippen LogP contribution is -2.28. The van der Waals surface area contributed by atoms with Crippen LogP contribution in [0, 0.1) is 6.92 Å². The van der Waals surface area contributed by atoms with E-state index < -0.39 is 0 Å². The summed E-state index contributed by atoms with van der Waals surface area (Å²) in [5.41, 5.74) is 2.22. The number of nitrogens with zero attached hydrogens (tertiary/aromatic N) is 2. The maximum Gasteiger partial charge on any atom is 0.0638 e. The molecule has 0 aliphatic carbocycles. The molecule has 1 aromatic heterocycles. The Balaban J connectivity index is 2.49. The Hall–Kier alpha value is -0.870. The van der Waals surface area contributed by atoms with E-state index in [0.717, 1.165) is 12.2 Å². The molecule has 0 spiro atoms. The van der Waals surface area contributed by atoms with E-state index in [2.05, 4.69) is 10.4 Å². The van der Waals surface area contributed by atoms with Crippen molar-refractivity contribution in [3.63, 3.8) is 0 Å². The highest BCUT2D eigenvalue weighted by Crippen LogP contribution is 2.03. The van der Waals surface area contributed by atoms with Gasteiger partial charge in [0.1, 0.15) is 0 Å². The Bertz CT molecular complexity index is 270. The fourth-order valence-electron chi connectivity index (χ4n) is 1.17. The third kappa shape index (κ3) is 2.82. The van der Waals surface area contributed by atoms with Gasteiger partial charge in [0.2, 0.25) is 0 Å². The van der Waals surface area contributed by atoms with Crippen LogP contribution in [0.4, 0.5) is 0 Å². The van der Waals surface area contributed by atoms with Gasteiger partial charge in [-0.15, -0.1) is 0 Å².